The van der Waals surface area contributed by atoms with Crippen LogP contribution >= 0.6 is 0 Å². The SMILES string of the molecule is O.O.O.O.O.O.O=S(=O)([O-])[O-].O=S(=O)([O-])[O-].c1ccc2[nH+]c(CCCc3[nH]c4ccccc4[nH+]3)[nH]c2c1.c1ccc2[nH+]c(CCCc3[nH]c4ccccc4[nH+]3)[nH]c2c1. The molecule has 22 nitrogen and oxygen atoms in total. The lowest BCUT2D eigenvalue weighted by Gasteiger charge is -2.06. The molecule has 0 amide bonds. The highest BCUT2D eigenvalue weighted by Crippen LogP contribution is 2.12. The summed E-state index contributed by atoms with van der Waals surface area (Å²) in [6.45, 7) is 0. The zero-order valence-electron chi connectivity index (χ0n) is 30.6. The summed E-state index contributed by atoms with van der Waals surface area (Å²) in [7, 11) is -10.3. The third-order valence-electron chi connectivity index (χ3n) is 7.70. The second-order valence-electron chi connectivity index (χ2n) is 11.6. The number of para-hydroxylation sites is 8. The maximum absolute atomic E-state index is 8.52. The Balaban J connectivity index is 0. The molecule has 0 atom stereocenters. The summed E-state index contributed by atoms with van der Waals surface area (Å²) in [5.74, 6) is 4.75. The van der Waals surface area contributed by atoms with Crippen LogP contribution in [0.15, 0.2) is 97.1 Å². The van der Waals surface area contributed by atoms with E-state index >= 15 is 0 Å². The van der Waals surface area contributed by atoms with Crippen molar-refractivity contribution in [2.75, 3.05) is 0 Å². The first-order chi connectivity index (χ1) is 24.8. The predicted molar refractivity (Wildman–Crippen MR) is 206 cm³/mol. The quantitative estimate of drug-likeness (QED) is 0.0917. The second kappa shape index (κ2) is 24.8. The highest BCUT2D eigenvalue weighted by atomic mass is 32.3. The molecule has 58 heavy (non-hydrogen) atoms. The molecule has 4 aromatic carbocycles. The van der Waals surface area contributed by atoms with E-state index in [2.05, 4.69) is 137 Å². The van der Waals surface area contributed by atoms with Gasteiger partial charge in [0.25, 0.3) is 23.3 Å². The first-order valence-corrected chi connectivity index (χ1v) is 18.7. The van der Waals surface area contributed by atoms with Gasteiger partial charge in [-0.15, -0.1) is 0 Å². The van der Waals surface area contributed by atoms with Crippen molar-refractivity contribution in [3.63, 3.8) is 0 Å². The molecule has 4 aromatic heterocycles. The molecule has 20 N–H and O–H groups in total. The lowest BCUT2D eigenvalue weighted by molar-refractivity contribution is -0.361. The van der Waals surface area contributed by atoms with E-state index < -0.39 is 20.8 Å². The smallest absolute Gasteiger partial charge is 0.252 e. The van der Waals surface area contributed by atoms with E-state index in [1.54, 1.807) is 0 Å². The van der Waals surface area contributed by atoms with Gasteiger partial charge in [0.1, 0.15) is 0 Å². The molecular formula is C34H48N8O14S2. The average Bonchev–Trinajstić information content (AvgIpc) is 3.87. The van der Waals surface area contributed by atoms with Crippen molar-refractivity contribution in [2.24, 2.45) is 0 Å². The van der Waals surface area contributed by atoms with Crippen molar-refractivity contribution < 1.29 is 87.8 Å². The highest BCUT2D eigenvalue weighted by molar-refractivity contribution is 7.79. The molecule has 0 aliphatic rings. The Morgan fingerprint density at radius 1 is 0.362 bits per heavy atom. The summed E-state index contributed by atoms with van der Waals surface area (Å²) in [5.41, 5.74) is 9.37. The van der Waals surface area contributed by atoms with Crippen LogP contribution in [0.3, 0.4) is 0 Å². The molecule has 8 aromatic rings. The van der Waals surface area contributed by atoms with Crippen LogP contribution < -0.4 is 19.9 Å². The molecule has 0 bridgehead atoms. The van der Waals surface area contributed by atoms with Crippen molar-refractivity contribution in [1.82, 2.24) is 19.9 Å². The summed E-state index contributed by atoms with van der Waals surface area (Å²) >= 11 is 0. The number of aromatic nitrogens is 8. The van der Waals surface area contributed by atoms with E-state index in [1.807, 2.05) is 0 Å². The van der Waals surface area contributed by atoms with E-state index in [9.17, 15) is 0 Å². The third kappa shape index (κ3) is 18.0. The molecule has 0 saturated carbocycles. The number of hydrogen-bond donors (Lipinski definition) is 4. The number of aromatic amines is 8. The molecular weight excluding hydrogens is 809 g/mol. The topological polar surface area (TPSA) is 469 Å². The molecule has 0 radical (unpaired) electrons. The monoisotopic (exact) mass is 856 g/mol. The Kier molecular flexibility index (Phi) is 23.2. The van der Waals surface area contributed by atoms with Crippen LogP contribution in [0.5, 0.6) is 0 Å². The Morgan fingerprint density at radius 2 is 0.534 bits per heavy atom. The van der Waals surface area contributed by atoms with Crippen LogP contribution in [0.2, 0.25) is 0 Å². The summed E-state index contributed by atoms with van der Waals surface area (Å²) < 4.78 is 68.2. The fourth-order valence-electron chi connectivity index (χ4n) is 5.61. The number of rotatable bonds is 8. The largest absolute Gasteiger partial charge is 0.759 e. The van der Waals surface area contributed by atoms with Crippen LogP contribution in [0.1, 0.15) is 36.1 Å². The van der Waals surface area contributed by atoms with E-state index in [-0.39, 0.29) is 32.9 Å². The van der Waals surface area contributed by atoms with Gasteiger partial charge in [-0.05, 0) is 61.4 Å². The number of H-pyrrole nitrogens is 8. The predicted octanol–water partition coefficient (Wildman–Crippen LogP) is -2.72. The van der Waals surface area contributed by atoms with E-state index in [0.29, 0.717) is 0 Å². The number of benzene rings is 4. The Bertz CT molecular complexity index is 2130. The molecule has 0 aliphatic heterocycles. The first kappa shape index (κ1) is 54.4. The van der Waals surface area contributed by atoms with Gasteiger partial charge in [0, 0.05) is 46.5 Å². The van der Waals surface area contributed by atoms with Gasteiger partial charge in [-0.25, -0.2) is 39.9 Å². The second-order valence-corrected chi connectivity index (χ2v) is 13.3. The molecule has 0 saturated heterocycles. The van der Waals surface area contributed by atoms with Crippen LogP contribution in [0, 0.1) is 0 Å². The van der Waals surface area contributed by atoms with Crippen LogP contribution in [0.4, 0.5) is 0 Å². The zero-order chi connectivity index (χ0) is 37.1. The number of nitrogens with one attached hydrogen (secondary N) is 8. The fraction of sp³-hybridized carbons (Fsp3) is 0.176. The van der Waals surface area contributed by atoms with Gasteiger partial charge in [-0.1, -0.05) is 48.5 Å². The molecule has 0 unspecified atom stereocenters. The highest BCUT2D eigenvalue weighted by Gasteiger charge is 2.14. The van der Waals surface area contributed by atoms with Gasteiger partial charge < -0.3 is 51.1 Å². The molecule has 0 aliphatic carbocycles. The standard InChI is InChI=1S/2C17H16N4.2H2O4S.6H2O/c2*1-2-7-13-12(6-1)18-16(19-13)10-5-11-17-20-14-8-3-4-9-15(14)21-17;2*1-5(2,3)4;;;;;;/h2*1-4,6-9H,5,10-11H2,(H,18,19)(H,20,21);2*(H2,1,2,3,4);6*1H2. The van der Waals surface area contributed by atoms with E-state index in [0.717, 1.165) is 38.5 Å². The molecule has 8 rings (SSSR count). The number of fused-ring (bicyclic) bond motifs is 4. The van der Waals surface area contributed by atoms with Crippen molar-refractivity contribution in [3.05, 3.63) is 120 Å². The summed E-state index contributed by atoms with van der Waals surface area (Å²) in [6.07, 6.45) is 6.23. The van der Waals surface area contributed by atoms with Crippen LogP contribution in [-0.2, 0) is 46.5 Å². The Labute approximate surface area is 330 Å². The van der Waals surface area contributed by atoms with Gasteiger partial charge in [-0.3, -0.25) is 16.8 Å². The van der Waals surface area contributed by atoms with E-state index in [4.69, 9.17) is 35.0 Å². The van der Waals surface area contributed by atoms with Gasteiger partial charge in [0.2, 0.25) is 0 Å². The van der Waals surface area contributed by atoms with Crippen molar-refractivity contribution in [3.8, 4) is 0 Å². The van der Waals surface area contributed by atoms with Crippen LogP contribution in [0.25, 0.3) is 44.1 Å². The minimum atomic E-state index is -5.17. The number of imidazole rings is 4. The molecule has 0 fully saturated rings. The van der Waals surface area contributed by atoms with Crippen LogP contribution in [-0.4, -0.2) is 87.8 Å². The molecule has 0 spiro atoms. The maximum atomic E-state index is 8.52. The van der Waals surface area contributed by atoms with Gasteiger partial charge >= 0.3 is 0 Å². The number of aryl methyl sites for hydroxylation is 4. The van der Waals surface area contributed by atoms with Crippen molar-refractivity contribution >= 4 is 64.9 Å². The first-order valence-electron chi connectivity index (χ1n) is 16.1. The third-order valence-corrected chi connectivity index (χ3v) is 7.70. The lowest BCUT2D eigenvalue weighted by Crippen LogP contribution is -2.10. The van der Waals surface area contributed by atoms with Crippen molar-refractivity contribution in [1.29, 1.82) is 0 Å². The molecule has 4 heterocycles. The number of hydrogen-bond acceptors (Lipinski definition) is 8. The van der Waals surface area contributed by atoms with Crippen molar-refractivity contribution in [2.45, 2.75) is 38.5 Å². The van der Waals surface area contributed by atoms with E-state index in [1.165, 1.54) is 67.4 Å². The summed E-state index contributed by atoms with van der Waals surface area (Å²) in [4.78, 5) is 27.5. The Morgan fingerprint density at radius 3 is 0.707 bits per heavy atom. The van der Waals surface area contributed by atoms with Gasteiger partial charge in [0.15, 0.2) is 44.1 Å². The zero-order valence-corrected chi connectivity index (χ0v) is 32.2. The van der Waals surface area contributed by atoms with Gasteiger partial charge in [0.05, 0.1) is 0 Å². The summed E-state index contributed by atoms with van der Waals surface area (Å²) in [5, 5.41) is 0. The normalized spacial score (nSPS) is 10.3. The average molecular weight is 857 g/mol. The minimum Gasteiger partial charge on any atom is -0.759 e. The molecule has 24 heteroatoms. The minimum absolute atomic E-state index is 0. The van der Waals surface area contributed by atoms with Gasteiger partial charge in [-0.2, -0.15) is 0 Å². The fourth-order valence-corrected chi connectivity index (χ4v) is 5.61. The lowest BCUT2D eigenvalue weighted by atomic mass is 10.2. The maximum Gasteiger partial charge on any atom is 0.252 e. The Hall–Kier alpha value is -5.74. The molecule has 320 valence electrons. The summed E-state index contributed by atoms with van der Waals surface area (Å²) in [6, 6.07) is 33.2.